The van der Waals surface area contributed by atoms with E-state index < -0.39 is 6.09 Å². The molecule has 25 heavy (non-hydrogen) atoms. The molecule has 0 bridgehead atoms. The summed E-state index contributed by atoms with van der Waals surface area (Å²) in [6.45, 7) is 10.8. The fourth-order valence-corrected chi connectivity index (χ4v) is 3.72. The summed E-state index contributed by atoms with van der Waals surface area (Å²) in [4.78, 5) is 28.3. The van der Waals surface area contributed by atoms with Gasteiger partial charge in [0.2, 0.25) is 0 Å². The van der Waals surface area contributed by atoms with Crippen LogP contribution in [0, 0.1) is 5.92 Å². The lowest BCUT2D eigenvalue weighted by Gasteiger charge is -2.37. The molecule has 0 aromatic heterocycles. The highest BCUT2D eigenvalue weighted by atomic mass is 16.5. The molecule has 2 heterocycles. The zero-order valence-electron chi connectivity index (χ0n) is 15.9. The van der Waals surface area contributed by atoms with Gasteiger partial charge in [-0.05, 0) is 52.0 Å². The smallest absolute Gasteiger partial charge is 0.407 e. The standard InChI is InChI=1S/C18H34N4O3/c1-4-25-18(24)20-16-8-6-10-22(13-16)17(23)19-11-15(3)21-9-5-7-14(2)12-21/h14-16H,4-13H2,1-3H3,(H,19,23)(H,20,24). The molecule has 0 spiro atoms. The Hall–Kier alpha value is -1.50. The minimum absolute atomic E-state index is 0.0288. The Morgan fingerprint density at radius 1 is 1.20 bits per heavy atom. The summed E-state index contributed by atoms with van der Waals surface area (Å²) in [5.41, 5.74) is 0. The number of carbonyl (C=O) groups is 2. The number of nitrogens with zero attached hydrogens (tertiary/aromatic N) is 2. The van der Waals surface area contributed by atoms with Crippen molar-refractivity contribution in [3.8, 4) is 0 Å². The SMILES string of the molecule is CCOC(=O)NC1CCCN(C(=O)NCC(C)N2CCCC(C)C2)C1. The van der Waals surface area contributed by atoms with Crippen molar-refractivity contribution >= 4 is 12.1 Å². The predicted octanol–water partition coefficient (Wildman–Crippen LogP) is 2.03. The Balaban J connectivity index is 1.73. The third kappa shape index (κ3) is 6.38. The fourth-order valence-electron chi connectivity index (χ4n) is 3.72. The van der Waals surface area contributed by atoms with Crippen LogP contribution in [0.15, 0.2) is 0 Å². The predicted molar refractivity (Wildman–Crippen MR) is 97.6 cm³/mol. The van der Waals surface area contributed by atoms with Crippen LogP contribution in [0.4, 0.5) is 9.59 Å². The van der Waals surface area contributed by atoms with Crippen LogP contribution in [0.5, 0.6) is 0 Å². The van der Waals surface area contributed by atoms with Crippen molar-refractivity contribution in [2.45, 2.75) is 58.5 Å². The Morgan fingerprint density at radius 2 is 1.96 bits per heavy atom. The molecule has 2 fully saturated rings. The first-order valence-corrected chi connectivity index (χ1v) is 9.69. The van der Waals surface area contributed by atoms with Gasteiger partial charge >= 0.3 is 12.1 Å². The van der Waals surface area contributed by atoms with Crippen LogP contribution in [0.25, 0.3) is 0 Å². The van der Waals surface area contributed by atoms with Crippen LogP contribution < -0.4 is 10.6 Å². The van der Waals surface area contributed by atoms with Crippen molar-refractivity contribution in [2.24, 2.45) is 5.92 Å². The second-order valence-corrected chi connectivity index (χ2v) is 7.43. The molecule has 3 atom stereocenters. The van der Waals surface area contributed by atoms with E-state index in [1.807, 2.05) is 0 Å². The first-order valence-electron chi connectivity index (χ1n) is 9.69. The van der Waals surface area contributed by atoms with Gasteiger partial charge in [-0.3, -0.25) is 4.90 Å². The zero-order chi connectivity index (χ0) is 18.2. The molecule has 0 saturated carbocycles. The molecule has 2 rings (SSSR count). The Bertz CT molecular complexity index is 446. The maximum Gasteiger partial charge on any atom is 0.407 e. The molecule has 7 heteroatoms. The monoisotopic (exact) mass is 354 g/mol. The van der Waals surface area contributed by atoms with Crippen LogP contribution >= 0.6 is 0 Å². The summed E-state index contributed by atoms with van der Waals surface area (Å²) in [6.07, 6.45) is 3.92. The molecule has 3 unspecified atom stereocenters. The van der Waals surface area contributed by atoms with E-state index in [9.17, 15) is 9.59 Å². The third-order valence-corrected chi connectivity index (χ3v) is 5.17. The Labute approximate surface area is 151 Å². The van der Waals surface area contributed by atoms with Crippen molar-refractivity contribution in [1.29, 1.82) is 0 Å². The van der Waals surface area contributed by atoms with Crippen LogP contribution in [-0.2, 0) is 4.74 Å². The van der Waals surface area contributed by atoms with E-state index in [4.69, 9.17) is 4.74 Å². The zero-order valence-corrected chi connectivity index (χ0v) is 15.9. The van der Waals surface area contributed by atoms with Crippen molar-refractivity contribution in [2.75, 3.05) is 39.3 Å². The van der Waals surface area contributed by atoms with E-state index in [0.29, 0.717) is 25.7 Å². The summed E-state index contributed by atoms with van der Waals surface area (Å²) in [7, 11) is 0. The Kier molecular flexibility index (Phi) is 7.81. The molecule has 2 aliphatic rings. The molecular weight excluding hydrogens is 320 g/mol. The number of carbonyl (C=O) groups excluding carboxylic acids is 2. The van der Waals surface area contributed by atoms with Crippen LogP contribution in [0.2, 0.25) is 0 Å². The summed E-state index contributed by atoms with van der Waals surface area (Å²) in [5, 5.41) is 5.90. The molecule has 0 aromatic rings. The second-order valence-electron chi connectivity index (χ2n) is 7.43. The van der Waals surface area contributed by atoms with Gasteiger partial charge < -0.3 is 20.3 Å². The molecule has 3 amide bonds. The maximum absolute atomic E-state index is 12.5. The van der Waals surface area contributed by atoms with E-state index >= 15 is 0 Å². The average Bonchev–Trinajstić information content (AvgIpc) is 2.59. The van der Waals surface area contributed by atoms with E-state index in [2.05, 4.69) is 29.4 Å². The largest absolute Gasteiger partial charge is 0.450 e. The van der Waals surface area contributed by atoms with Crippen LogP contribution in [0.3, 0.4) is 0 Å². The number of rotatable bonds is 5. The van der Waals surface area contributed by atoms with Gasteiger partial charge in [0.15, 0.2) is 0 Å². The van der Waals surface area contributed by atoms with E-state index in [1.54, 1.807) is 11.8 Å². The van der Waals surface area contributed by atoms with Gasteiger partial charge in [-0.25, -0.2) is 9.59 Å². The Morgan fingerprint density at radius 3 is 2.68 bits per heavy atom. The van der Waals surface area contributed by atoms with Gasteiger partial charge in [-0.15, -0.1) is 0 Å². The fraction of sp³-hybridized carbons (Fsp3) is 0.889. The summed E-state index contributed by atoms with van der Waals surface area (Å²) in [5.74, 6) is 0.740. The van der Waals surface area contributed by atoms with Gasteiger partial charge in [0, 0.05) is 38.3 Å². The van der Waals surface area contributed by atoms with Gasteiger partial charge in [0.1, 0.15) is 0 Å². The summed E-state index contributed by atoms with van der Waals surface area (Å²) >= 11 is 0. The first kappa shape index (κ1) is 19.8. The number of hydrogen-bond acceptors (Lipinski definition) is 4. The molecule has 0 radical (unpaired) electrons. The number of alkyl carbamates (subject to hydrolysis) is 1. The van der Waals surface area contributed by atoms with Gasteiger partial charge in [0.25, 0.3) is 0 Å². The molecule has 0 aromatic carbocycles. The topological polar surface area (TPSA) is 73.9 Å². The van der Waals surface area contributed by atoms with Crippen LogP contribution in [-0.4, -0.2) is 73.3 Å². The van der Waals surface area contributed by atoms with Gasteiger partial charge in [0.05, 0.1) is 6.61 Å². The van der Waals surface area contributed by atoms with Gasteiger partial charge in [-0.1, -0.05) is 6.92 Å². The molecule has 2 saturated heterocycles. The molecule has 2 N–H and O–H groups in total. The molecule has 7 nitrogen and oxygen atoms in total. The number of likely N-dealkylation sites (tertiary alicyclic amines) is 2. The van der Waals surface area contributed by atoms with Gasteiger partial charge in [-0.2, -0.15) is 0 Å². The number of urea groups is 1. The summed E-state index contributed by atoms with van der Waals surface area (Å²) < 4.78 is 4.92. The van der Waals surface area contributed by atoms with E-state index in [-0.39, 0.29) is 12.1 Å². The van der Waals surface area contributed by atoms with E-state index in [0.717, 1.165) is 38.4 Å². The quantitative estimate of drug-likeness (QED) is 0.792. The van der Waals surface area contributed by atoms with Crippen molar-refractivity contribution in [1.82, 2.24) is 20.4 Å². The van der Waals surface area contributed by atoms with E-state index in [1.165, 1.54) is 12.8 Å². The number of hydrogen-bond donors (Lipinski definition) is 2. The van der Waals surface area contributed by atoms with Crippen LogP contribution in [0.1, 0.15) is 46.5 Å². The minimum Gasteiger partial charge on any atom is -0.450 e. The number of amides is 3. The summed E-state index contributed by atoms with van der Waals surface area (Å²) in [6, 6.07) is 0.288. The lowest BCUT2D eigenvalue weighted by atomic mass is 9.99. The molecule has 0 aliphatic carbocycles. The highest BCUT2D eigenvalue weighted by molar-refractivity contribution is 5.74. The average molecular weight is 354 g/mol. The number of nitrogens with one attached hydrogen (secondary N) is 2. The molecule has 144 valence electrons. The highest BCUT2D eigenvalue weighted by Crippen LogP contribution is 2.17. The second kappa shape index (κ2) is 9.85. The molecule has 2 aliphatic heterocycles. The normalized spacial score (nSPS) is 26.0. The van der Waals surface area contributed by atoms with Crippen molar-refractivity contribution in [3.63, 3.8) is 0 Å². The highest BCUT2D eigenvalue weighted by Gasteiger charge is 2.26. The van der Waals surface area contributed by atoms with Crippen molar-refractivity contribution in [3.05, 3.63) is 0 Å². The maximum atomic E-state index is 12.5. The van der Waals surface area contributed by atoms with Crippen molar-refractivity contribution < 1.29 is 14.3 Å². The third-order valence-electron chi connectivity index (χ3n) is 5.17. The minimum atomic E-state index is -0.400. The number of ether oxygens (including phenoxy) is 1. The molecular formula is C18H34N4O3. The number of piperidine rings is 2. The first-order chi connectivity index (χ1) is 12.0. The lowest BCUT2D eigenvalue weighted by molar-refractivity contribution is 0.128. The lowest BCUT2D eigenvalue weighted by Crippen LogP contribution is -2.54.